The van der Waals surface area contributed by atoms with Crippen molar-refractivity contribution in [3.8, 4) is 0 Å². The number of ketones is 2. The van der Waals surface area contributed by atoms with Crippen LogP contribution in [0, 0.1) is 0 Å². The molecule has 11 heteroatoms. The first-order chi connectivity index (χ1) is 15.2. The molecule has 1 fully saturated rings. The molecule has 3 heterocycles. The van der Waals surface area contributed by atoms with E-state index >= 15 is 0 Å². The zero-order valence-corrected chi connectivity index (χ0v) is 16.9. The smallest absolute Gasteiger partial charge is 0.328 e. The molecule has 4 N–H and O–H groups in total. The molecular weight excluding hydrogens is 420 g/mol. The highest BCUT2D eigenvalue weighted by Gasteiger charge is 2.56. The van der Waals surface area contributed by atoms with Gasteiger partial charge in [-0.1, -0.05) is 30.0 Å². The molecular formula is C21H20N4O7. The van der Waals surface area contributed by atoms with Gasteiger partial charge in [0.25, 0.3) is 17.4 Å². The molecule has 5 rings (SSSR count). The summed E-state index contributed by atoms with van der Waals surface area (Å²) in [4.78, 5) is 59.0. The highest BCUT2D eigenvalue weighted by atomic mass is 16.3. The Morgan fingerprint density at radius 2 is 1.53 bits per heavy atom. The first-order valence-corrected chi connectivity index (χ1v) is 10.1. The summed E-state index contributed by atoms with van der Waals surface area (Å²) in [5.41, 5.74) is -4.88. The first kappa shape index (κ1) is 21.4. The Kier molecular flexibility index (Phi) is 5.35. The van der Waals surface area contributed by atoms with Gasteiger partial charge in [0.05, 0.1) is 26.1 Å². The van der Waals surface area contributed by atoms with Gasteiger partial charge in [0.2, 0.25) is 17.4 Å². The third kappa shape index (κ3) is 3.36. The van der Waals surface area contributed by atoms with E-state index in [1.165, 1.54) is 69.0 Å². The number of nitrogens with one attached hydrogen (secondary N) is 3. The van der Waals surface area contributed by atoms with Crippen LogP contribution in [0.1, 0.15) is 35.2 Å². The minimum absolute atomic E-state index is 0.192. The standard InChI is InChI=1S/C14H8N2O7.C7H12N2/c17-8-5-3-1-2-4-6(5)9(18)10(19)7(8)14(23)11(20)15-13(22)16-12(14)21;1-3-7-8-4-2-6-9(7)5-1/h1-4,17,23H,(H2,15,16,20,21,22);1-6H2. The quantitative estimate of drug-likeness (QED) is 0.217. The van der Waals surface area contributed by atoms with E-state index in [2.05, 4.69) is 9.89 Å². The number of imide groups is 2. The number of hydrogen-bond acceptors (Lipinski definition) is 8. The van der Waals surface area contributed by atoms with Crippen molar-refractivity contribution in [1.82, 2.24) is 16.0 Å². The molecule has 1 aromatic carbocycles. The van der Waals surface area contributed by atoms with E-state index in [0.29, 0.717) is 0 Å². The van der Waals surface area contributed by atoms with Crippen LogP contribution in [0.5, 0.6) is 0 Å². The lowest BCUT2D eigenvalue weighted by atomic mass is 9.78. The number of urea groups is 1. The number of hydrogen-bond donors (Lipinski definition) is 4. The third-order valence-corrected chi connectivity index (χ3v) is 5.71. The third-order valence-electron chi connectivity index (χ3n) is 5.71. The molecule has 0 unspecified atom stereocenters. The molecule has 0 radical (unpaired) electrons. The molecule has 166 valence electrons. The maximum absolute atomic E-state index is 12.4. The van der Waals surface area contributed by atoms with Crippen molar-refractivity contribution in [3.05, 3.63) is 41.0 Å². The van der Waals surface area contributed by atoms with Crippen molar-refractivity contribution in [2.75, 3.05) is 19.6 Å². The minimum Gasteiger partial charge on any atom is -0.872 e. The van der Waals surface area contributed by atoms with Gasteiger partial charge in [0.1, 0.15) is 0 Å². The molecule has 3 aliphatic heterocycles. The predicted octanol–water partition coefficient (Wildman–Crippen LogP) is -2.19. The van der Waals surface area contributed by atoms with E-state index in [1.54, 1.807) is 10.6 Å². The lowest BCUT2D eigenvalue weighted by Crippen LogP contribution is -2.69. The number of barbiturate groups is 1. The van der Waals surface area contributed by atoms with Crippen LogP contribution in [-0.4, -0.2) is 70.2 Å². The summed E-state index contributed by atoms with van der Waals surface area (Å²) >= 11 is 0. The van der Waals surface area contributed by atoms with Crippen LogP contribution < -0.4 is 21.1 Å². The van der Waals surface area contributed by atoms with Crippen LogP contribution in [0.3, 0.4) is 0 Å². The fraction of sp³-hybridized carbons (Fsp3) is 0.333. The number of rotatable bonds is 1. The maximum Gasteiger partial charge on any atom is 0.328 e. The van der Waals surface area contributed by atoms with Crippen LogP contribution >= 0.6 is 0 Å². The normalized spacial score (nSPS) is 21.7. The molecule has 0 atom stereocenters. The molecule has 0 spiro atoms. The molecule has 1 aliphatic carbocycles. The van der Waals surface area contributed by atoms with E-state index < -0.39 is 46.3 Å². The van der Waals surface area contributed by atoms with E-state index in [-0.39, 0.29) is 11.1 Å². The van der Waals surface area contributed by atoms with Gasteiger partial charge in [-0.15, -0.1) is 0 Å². The van der Waals surface area contributed by atoms with Gasteiger partial charge >= 0.3 is 6.03 Å². The Hall–Kier alpha value is -3.86. The number of amides is 4. The summed E-state index contributed by atoms with van der Waals surface area (Å²) in [6, 6.07) is 4.07. The molecule has 1 aromatic rings. The topological polar surface area (TPSA) is 168 Å². The molecule has 4 amide bonds. The molecule has 11 nitrogen and oxygen atoms in total. The summed E-state index contributed by atoms with van der Waals surface area (Å²) < 4.78 is 2.48. The second kappa shape index (κ2) is 8.00. The lowest BCUT2D eigenvalue weighted by molar-refractivity contribution is -0.525. The number of Topliss-reactive ketones (excluding diaryl/α,β-unsaturated/α-hetero) is 2. The number of benzene rings is 1. The fourth-order valence-corrected chi connectivity index (χ4v) is 4.11. The summed E-state index contributed by atoms with van der Waals surface area (Å²) in [7, 11) is 0. The summed E-state index contributed by atoms with van der Waals surface area (Å²) in [5.74, 6) is -5.39. The second-order valence-electron chi connectivity index (χ2n) is 7.67. The number of fused-ring (bicyclic) bond motifs is 1. The van der Waals surface area contributed by atoms with E-state index in [4.69, 9.17) is 0 Å². The largest absolute Gasteiger partial charge is 0.872 e. The zero-order chi connectivity index (χ0) is 23.0. The Morgan fingerprint density at radius 1 is 0.906 bits per heavy atom. The summed E-state index contributed by atoms with van der Waals surface area (Å²) in [6.07, 6.45) is 3.98. The Balaban J connectivity index is 0.000000225. The SMILES string of the molecule is C1CNC2=[N+](C1)CCC2.O=C1NC(=O)C(O)(C2=C([O-])c3ccccc3C(=O)C2=O)C(=O)N1. The van der Waals surface area contributed by atoms with Crippen molar-refractivity contribution in [2.24, 2.45) is 0 Å². The van der Waals surface area contributed by atoms with Crippen LogP contribution in [-0.2, 0) is 14.4 Å². The van der Waals surface area contributed by atoms with Gasteiger partial charge < -0.3 is 10.2 Å². The van der Waals surface area contributed by atoms with E-state index in [0.717, 1.165) is 0 Å². The van der Waals surface area contributed by atoms with Gasteiger partial charge in [-0.25, -0.2) is 4.79 Å². The van der Waals surface area contributed by atoms with Crippen LogP contribution in [0.2, 0.25) is 0 Å². The number of nitrogens with zero attached hydrogens (tertiary/aromatic N) is 1. The monoisotopic (exact) mass is 440 g/mol. The first-order valence-electron chi connectivity index (χ1n) is 10.1. The van der Waals surface area contributed by atoms with Crippen molar-refractivity contribution >= 4 is 41.0 Å². The van der Waals surface area contributed by atoms with E-state index in [9.17, 15) is 34.2 Å². The Labute approximate surface area is 181 Å². The van der Waals surface area contributed by atoms with Gasteiger partial charge in [0, 0.05) is 17.6 Å². The molecule has 0 saturated carbocycles. The van der Waals surface area contributed by atoms with Gasteiger partial charge in [0.15, 0.2) is 0 Å². The molecule has 0 aromatic heterocycles. The predicted molar refractivity (Wildman–Crippen MR) is 106 cm³/mol. The average molecular weight is 440 g/mol. The Morgan fingerprint density at radius 3 is 2.19 bits per heavy atom. The molecule has 1 saturated heterocycles. The Bertz CT molecular complexity index is 1100. The van der Waals surface area contributed by atoms with Crippen molar-refractivity contribution < 1.29 is 38.8 Å². The van der Waals surface area contributed by atoms with Crippen molar-refractivity contribution in [2.45, 2.75) is 24.9 Å². The van der Waals surface area contributed by atoms with Crippen molar-refractivity contribution in [1.29, 1.82) is 0 Å². The number of amidine groups is 1. The van der Waals surface area contributed by atoms with Gasteiger partial charge in [-0.3, -0.25) is 39.7 Å². The summed E-state index contributed by atoms with van der Waals surface area (Å²) in [6.45, 7) is 3.79. The molecule has 0 bridgehead atoms. The van der Waals surface area contributed by atoms with Crippen molar-refractivity contribution in [3.63, 3.8) is 0 Å². The second-order valence-corrected chi connectivity index (χ2v) is 7.67. The number of aliphatic hydroxyl groups is 1. The average Bonchev–Trinajstić information content (AvgIpc) is 3.26. The fourth-order valence-electron chi connectivity index (χ4n) is 4.11. The number of carbonyl (C=O) groups is 5. The van der Waals surface area contributed by atoms with Gasteiger partial charge in [-0.05, 0) is 12.0 Å². The highest BCUT2D eigenvalue weighted by molar-refractivity contribution is 6.54. The van der Waals surface area contributed by atoms with Crippen LogP contribution in [0.15, 0.2) is 29.8 Å². The number of carbonyl (C=O) groups excluding carboxylic acids is 5. The zero-order valence-electron chi connectivity index (χ0n) is 16.9. The molecule has 4 aliphatic rings. The van der Waals surface area contributed by atoms with Crippen LogP contribution in [0.25, 0.3) is 5.76 Å². The van der Waals surface area contributed by atoms with E-state index in [1.807, 2.05) is 0 Å². The minimum atomic E-state index is -3.26. The molecule has 32 heavy (non-hydrogen) atoms. The van der Waals surface area contributed by atoms with Gasteiger partial charge in [-0.2, -0.15) is 0 Å². The highest BCUT2D eigenvalue weighted by Crippen LogP contribution is 2.33. The van der Waals surface area contributed by atoms with Crippen LogP contribution in [0.4, 0.5) is 4.79 Å². The lowest BCUT2D eigenvalue weighted by Gasteiger charge is -2.35. The summed E-state index contributed by atoms with van der Waals surface area (Å²) in [5, 5.41) is 29.3. The maximum atomic E-state index is 12.4.